The number of para-hydroxylation sites is 1. The van der Waals surface area contributed by atoms with Gasteiger partial charge in [-0.3, -0.25) is 4.79 Å². The molecule has 5 rings (SSSR count). The minimum atomic E-state index is -0.127. The van der Waals surface area contributed by atoms with E-state index in [1.807, 2.05) is 83.5 Å². The van der Waals surface area contributed by atoms with Crippen LogP contribution in [0.15, 0.2) is 78.9 Å². The summed E-state index contributed by atoms with van der Waals surface area (Å²) in [6.07, 6.45) is 0.348. The molecule has 3 aromatic carbocycles. The second-order valence-electron chi connectivity index (χ2n) is 7.44. The van der Waals surface area contributed by atoms with Gasteiger partial charge in [-0.05, 0) is 42.0 Å². The van der Waals surface area contributed by atoms with Gasteiger partial charge in [0.2, 0.25) is 5.91 Å². The number of aromatic nitrogens is 2. The van der Waals surface area contributed by atoms with E-state index in [0.29, 0.717) is 17.3 Å². The van der Waals surface area contributed by atoms with Gasteiger partial charge in [-0.25, -0.2) is 4.68 Å². The number of methoxy groups -OCH3 is 1. The summed E-state index contributed by atoms with van der Waals surface area (Å²) < 4.78 is 7.12. The van der Waals surface area contributed by atoms with Crippen molar-refractivity contribution in [2.45, 2.75) is 12.3 Å². The van der Waals surface area contributed by atoms with E-state index in [4.69, 9.17) is 21.4 Å². The quantitative estimate of drug-likeness (QED) is 0.454. The Kier molecular flexibility index (Phi) is 4.96. The fourth-order valence-corrected chi connectivity index (χ4v) is 4.17. The van der Waals surface area contributed by atoms with E-state index in [0.717, 1.165) is 33.8 Å². The van der Waals surface area contributed by atoms with Gasteiger partial charge in [0.1, 0.15) is 11.6 Å². The van der Waals surface area contributed by atoms with E-state index in [2.05, 4.69) is 5.32 Å². The van der Waals surface area contributed by atoms with E-state index in [1.54, 1.807) is 7.11 Å². The molecule has 31 heavy (non-hydrogen) atoms. The Labute approximate surface area is 185 Å². The fourth-order valence-electron chi connectivity index (χ4n) is 4.05. The number of nitrogens with zero attached hydrogens (tertiary/aromatic N) is 2. The third-order valence-electron chi connectivity index (χ3n) is 5.55. The Hall–Kier alpha value is -3.57. The van der Waals surface area contributed by atoms with E-state index >= 15 is 0 Å². The van der Waals surface area contributed by atoms with Crippen LogP contribution in [0.25, 0.3) is 16.9 Å². The molecule has 1 aliphatic heterocycles. The molecule has 5 nitrogen and oxygen atoms in total. The van der Waals surface area contributed by atoms with Crippen molar-refractivity contribution in [1.82, 2.24) is 9.78 Å². The molecule has 6 heteroatoms. The first-order valence-corrected chi connectivity index (χ1v) is 10.4. The monoisotopic (exact) mass is 429 g/mol. The Balaban J connectivity index is 1.74. The van der Waals surface area contributed by atoms with Gasteiger partial charge in [0.05, 0.1) is 18.5 Å². The molecular formula is C25H20ClN3O2. The number of carbonyl (C=O) groups excluding carboxylic acids is 1. The molecule has 0 spiro atoms. The third kappa shape index (κ3) is 3.57. The minimum Gasteiger partial charge on any atom is -0.497 e. The maximum atomic E-state index is 12.7. The number of carbonyl (C=O) groups is 1. The molecule has 1 N–H and O–H groups in total. The fraction of sp³-hybridized carbons (Fsp3) is 0.120. The minimum absolute atomic E-state index is 0.0342. The van der Waals surface area contributed by atoms with Crippen LogP contribution in [-0.2, 0) is 4.79 Å². The molecule has 0 bridgehead atoms. The van der Waals surface area contributed by atoms with Gasteiger partial charge < -0.3 is 10.1 Å². The highest BCUT2D eigenvalue weighted by Gasteiger charge is 2.34. The van der Waals surface area contributed by atoms with Crippen molar-refractivity contribution in [3.8, 4) is 22.7 Å². The maximum absolute atomic E-state index is 12.7. The highest BCUT2D eigenvalue weighted by molar-refractivity contribution is 6.30. The topological polar surface area (TPSA) is 56.1 Å². The Morgan fingerprint density at radius 1 is 1.00 bits per heavy atom. The van der Waals surface area contributed by atoms with Gasteiger partial charge in [-0.1, -0.05) is 54.1 Å². The number of benzene rings is 3. The molecule has 1 amide bonds. The van der Waals surface area contributed by atoms with Crippen LogP contribution in [0.1, 0.15) is 23.5 Å². The second kappa shape index (κ2) is 7.93. The third-order valence-corrected chi connectivity index (χ3v) is 5.81. The number of fused-ring (bicyclic) bond motifs is 1. The summed E-state index contributed by atoms with van der Waals surface area (Å²) in [5.41, 5.74) is 4.70. The van der Waals surface area contributed by atoms with Crippen molar-refractivity contribution in [1.29, 1.82) is 0 Å². The number of halogens is 1. The van der Waals surface area contributed by atoms with Gasteiger partial charge in [-0.15, -0.1) is 0 Å². The predicted octanol–water partition coefficient (Wildman–Crippen LogP) is 5.68. The molecule has 0 fully saturated rings. The van der Waals surface area contributed by atoms with Crippen LogP contribution in [0, 0.1) is 0 Å². The zero-order chi connectivity index (χ0) is 21.4. The van der Waals surface area contributed by atoms with Gasteiger partial charge >= 0.3 is 0 Å². The molecule has 1 aromatic heterocycles. The van der Waals surface area contributed by atoms with Crippen LogP contribution >= 0.6 is 11.6 Å². The highest BCUT2D eigenvalue weighted by atomic mass is 35.5. The van der Waals surface area contributed by atoms with Crippen molar-refractivity contribution in [2.24, 2.45) is 0 Å². The van der Waals surface area contributed by atoms with Gasteiger partial charge in [0, 0.05) is 28.5 Å². The summed E-state index contributed by atoms with van der Waals surface area (Å²) in [6.45, 7) is 0. The highest BCUT2D eigenvalue weighted by Crippen LogP contribution is 2.44. The van der Waals surface area contributed by atoms with Crippen molar-refractivity contribution < 1.29 is 9.53 Å². The molecule has 2 heterocycles. The van der Waals surface area contributed by atoms with Crippen LogP contribution in [-0.4, -0.2) is 22.8 Å². The van der Waals surface area contributed by atoms with Crippen LogP contribution in [0.3, 0.4) is 0 Å². The average molecular weight is 430 g/mol. The number of amides is 1. The summed E-state index contributed by atoms with van der Waals surface area (Å²) >= 11 is 6.12. The van der Waals surface area contributed by atoms with Gasteiger partial charge in [0.15, 0.2) is 0 Å². The number of rotatable bonds is 4. The van der Waals surface area contributed by atoms with E-state index < -0.39 is 0 Å². The molecule has 1 atom stereocenters. The van der Waals surface area contributed by atoms with Crippen LogP contribution in [0.4, 0.5) is 5.82 Å². The first-order chi connectivity index (χ1) is 15.1. The molecule has 4 aromatic rings. The van der Waals surface area contributed by atoms with E-state index in [-0.39, 0.29) is 11.8 Å². The van der Waals surface area contributed by atoms with Gasteiger partial charge in [0.25, 0.3) is 0 Å². The first-order valence-electron chi connectivity index (χ1n) is 10.0. The van der Waals surface area contributed by atoms with E-state index in [9.17, 15) is 4.79 Å². The summed E-state index contributed by atoms with van der Waals surface area (Å²) in [4.78, 5) is 12.7. The summed E-state index contributed by atoms with van der Waals surface area (Å²) in [7, 11) is 1.64. The Morgan fingerprint density at radius 3 is 2.39 bits per heavy atom. The van der Waals surface area contributed by atoms with Crippen molar-refractivity contribution in [2.75, 3.05) is 12.4 Å². The molecule has 0 unspecified atom stereocenters. The molecule has 0 aliphatic carbocycles. The largest absolute Gasteiger partial charge is 0.497 e. The van der Waals surface area contributed by atoms with E-state index in [1.165, 1.54) is 0 Å². The molecule has 0 radical (unpaired) electrons. The lowest BCUT2D eigenvalue weighted by Crippen LogP contribution is -2.24. The SMILES string of the molecule is COc1ccc([C@H]2CC(=O)Nc3c2c(-c2ccc(Cl)cc2)nn3-c2ccccc2)cc1. The van der Waals surface area contributed by atoms with Crippen LogP contribution in [0.5, 0.6) is 5.75 Å². The number of anilines is 1. The molecule has 154 valence electrons. The van der Waals surface area contributed by atoms with Crippen molar-refractivity contribution in [3.05, 3.63) is 95.0 Å². The van der Waals surface area contributed by atoms with Crippen molar-refractivity contribution >= 4 is 23.3 Å². The molecular weight excluding hydrogens is 410 g/mol. The molecule has 0 saturated heterocycles. The normalized spacial score (nSPS) is 15.3. The maximum Gasteiger partial charge on any atom is 0.226 e. The summed E-state index contributed by atoms with van der Waals surface area (Å²) in [5, 5.41) is 8.67. The Morgan fingerprint density at radius 2 is 1.71 bits per heavy atom. The first kappa shape index (κ1) is 19.4. The lowest BCUT2D eigenvalue weighted by Gasteiger charge is -2.25. The number of hydrogen-bond donors (Lipinski definition) is 1. The standard InChI is InChI=1S/C25H20ClN3O2/c1-31-20-13-9-16(10-14-20)21-15-22(30)27-25-23(21)24(17-7-11-18(26)12-8-17)28-29(25)19-5-3-2-4-6-19/h2-14,21H,15H2,1H3,(H,27,30)/t21-/m1/s1. The molecule has 0 saturated carbocycles. The second-order valence-corrected chi connectivity index (χ2v) is 7.88. The van der Waals surface area contributed by atoms with Crippen molar-refractivity contribution in [3.63, 3.8) is 0 Å². The smallest absolute Gasteiger partial charge is 0.226 e. The average Bonchev–Trinajstić information content (AvgIpc) is 3.19. The predicted molar refractivity (Wildman–Crippen MR) is 122 cm³/mol. The number of hydrogen-bond acceptors (Lipinski definition) is 3. The lowest BCUT2D eigenvalue weighted by atomic mass is 9.84. The van der Waals surface area contributed by atoms with Crippen LogP contribution < -0.4 is 10.1 Å². The zero-order valence-corrected chi connectivity index (χ0v) is 17.6. The lowest BCUT2D eigenvalue weighted by molar-refractivity contribution is -0.116. The summed E-state index contributed by atoms with van der Waals surface area (Å²) in [6, 6.07) is 25.3. The zero-order valence-electron chi connectivity index (χ0n) is 16.9. The Bertz CT molecular complexity index is 1230. The van der Waals surface area contributed by atoms with Crippen LogP contribution in [0.2, 0.25) is 5.02 Å². The molecule has 1 aliphatic rings. The van der Waals surface area contributed by atoms with Gasteiger partial charge in [-0.2, -0.15) is 5.10 Å². The summed E-state index contributed by atoms with van der Waals surface area (Å²) in [5.74, 6) is 1.32. The number of nitrogens with one attached hydrogen (secondary N) is 1. The number of ether oxygens (including phenoxy) is 1.